The summed E-state index contributed by atoms with van der Waals surface area (Å²) in [6, 6.07) is 2.89. The van der Waals surface area contributed by atoms with Crippen LogP contribution in [0.4, 0.5) is 4.39 Å². The van der Waals surface area contributed by atoms with Crippen LogP contribution in [-0.2, 0) is 21.9 Å². The maximum Gasteiger partial charge on any atom is 0.368 e. The SMILES string of the molecule is Cn1nnn(-c2cc(C(C)(C)C)c(F)cc2OC2CCOCOC2)c1=O. The Morgan fingerprint density at radius 3 is 2.69 bits per heavy atom. The van der Waals surface area contributed by atoms with Crippen LogP contribution in [0.5, 0.6) is 5.75 Å². The lowest BCUT2D eigenvalue weighted by atomic mass is 9.86. The third kappa shape index (κ3) is 3.78. The van der Waals surface area contributed by atoms with Crippen molar-refractivity contribution in [2.75, 3.05) is 20.0 Å². The van der Waals surface area contributed by atoms with Crippen LogP contribution in [0.25, 0.3) is 5.69 Å². The maximum absolute atomic E-state index is 14.7. The van der Waals surface area contributed by atoms with Crippen molar-refractivity contribution in [2.24, 2.45) is 7.05 Å². The molecule has 2 aromatic rings. The van der Waals surface area contributed by atoms with Gasteiger partial charge in [-0.05, 0) is 27.5 Å². The summed E-state index contributed by atoms with van der Waals surface area (Å²) in [5, 5.41) is 7.60. The predicted molar refractivity (Wildman–Crippen MR) is 91.1 cm³/mol. The van der Waals surface area contributed by atoms with E-state index in [0.717, 1.165) is 9.36 Å². The summed E-state index contributed by atoms with van der Waals surface area (Å²) in [5.41, 5.74) is -0.0955. The number of tetrazole rings is 1. The minimum atomic E-state index is -0.456. The Morgan fingerprint density at radius 1 is 1.27 bits per heavy atom. The molecule has 1 aliphatic rings. The van der Waals surface area contributed by atoms with Crippen LogP contribution in [-0.4, -0.2) is 45.9 Å². The van der Waals surface area contributed by atoms with Crippen molar-refractivity contribution in [1.82, 2.24) is 19.8 Å². The molecule has 1 aromatic heterocycles. The molecule has 0 saturated carbocycles. The smallest absolute Gasteiger partial charge is 0.368 e. The highest BCUT2D eigenvalue weighted by atomic mass is 19.1. The lowest BCUT2D eigenvalue weighted by Gasteiger charge is -2.23. The van der Waals surface area contributed by atoms with Gasteiger partial charge in [0.2, 0.25) is 0 Å². The van der Waals surface area contributed by atoms with E-state index in [1.54, 1.807) is 6.07 Å². The molecule has 26 heavy (non-hydrogen) atoms. The number of nitrogens with zero attached hydrogens (tertiary/aromatic N) is 4. The fraction of sp³-hybridized carbons (Fsp3) is 0.588. The van der Waals surface area contributed by atoms with Gasteiger partial charge in [0.05, 0.1) is 13.2 Å². The predicted octanol–water partition coefficient (Wildman–Crippen LogP) is 1.54. The van der Waals surface area contributed by atoms with Gasteiger partial charge in [0.25, 0.3) is 0 Å². The molecule has 1 aliphatic heterocycles. The molecule has 0 bridgehead atoms. The number of ether oxygens (including phenoxy) is 3. The van der Waals surface area contributed by atoms with Crippen molar-refractivity contribution in [1.29, 1.82) is 0 Å². The Balaban J connectivity index is 2.08. The molecular weight excluding hydrogens is 343 g/mol. The van der Waals surface area contributed by atoms with E-state index in [1.807, 2.05) is 20.8 Å². The number of aromatic nitrogens is 4. The molecule has 1 atom stereocenters. The molecule has 0 aliphatic carbocycles. The number of benzene rings is 1. The Labute approximate surface area is 150 Å². The standard InChI is InChI=1S/C17H23FN4O4/c1-17(2,3)12-7-14(22-16(23)21(4)19-20-22)15(8-13(12)18)26-11-5-6-24-10-25-9-11/h7-8,11H,5-6,9-10H2,1-4H3. The lowest BCUT2D eigenvalue weighted by Crippen LogP contribution is -2.26. The Morgan fingerprint density at radius 2 is 2.04 bits per heavy atom. The second kappa shape index (κ2) is 7.16. The molecule has 0 N–H and O–H groups in total. The summed E-state index contributed by atoms with van der Waals surface area (Å²) in [7, 11) is 1.50. The fourth-order valence-corrected chi connectivity index (χ4v) is 2.71. The molecule has 3 rings (SSSR count). The lowest BCUT2D eigenvalue weighted by molar-refractivity contribution is -0.0400. The molecule has 1 unspecified atom stereocenters. The first-order valence-corrected chi connectivity index (χ1v) is 8.43. The monoisotopic (exact) mass is 366 g/mol. The first-order chi connectivity index (χ1) is 12.3. The number of halogens is 1. The highest BCUT2D eigenvalue weighted by Crippen LogP contribution is 2.33. The third-order valence-electron chi connectivity index (χ3n) is 4.15. The Bertz CT molecular complexity index is 832. The van der Waals surface area contributed by atoms with Crippen molar-refractivity contribution in [2.45, 2.75) is 38.7 Å². The molecule has 142 valence electrons. The van der Waals surface area contributed by atoms with Crippen LogP contribution < -0.4 is 10.4 Å². The zero-order valence-electron chi connectivity index (χ0n) is 15.4. The second-order valence-corrected chi connectivity index (χ2v) is 7.27. The maximum atomic E-state index is 14.7. The van der Waals surface area contributed by atoms with Crippen LogP contribution >= 0.6 is 0 Å². The van der Waals surface area contributed by atoms with Gasteiger partial charge in [0.15, 0.2) is 0 Å². The van der Waals surface area contributed by atoms with Gasteiger partial charge in [-0.25, -0.2) is 9.18 Å². The van der Waals surface area contributed by atoms with E-state index in [2.05, 4.69) is 10.4 Å². The van der Waals surface area contributed by atoms with Gasteiger partial charge >= 0.3 is 5.69 Å². The molecule has 9 heteroatoms. The van der Waals surface area contributed by atoms with Gasteiger partial charge in [0, 0.05) is 19.5 Å². The molecule has 8 nitrogen and oxygen atoms in total. The van der Waals surface area contributed by atoms with Crippen molar-refractivity contribution in [3.8, 4) is 11.4 Å². The summed E-state index contributed by atoms with van der Waals surface area (Å²) in [6.45, 7) is 6.68. The van der Waals surface area contributed by atoms with Gasteiger partial charge in [-0.1, -0.05) is 20.8 Å². The normalized spacial score (nSPS) is 18.6. The molecule has 0 radical (unpaired) electrons. The molecule has 1 saturated heterocycles. The molecule has 1 aromatic carbocycles. The van der Waals surface area contributed by atoms with Crippen LogP contribution in [0.3, 0.4) is 0 Å². The van der Waals surface area contributed by atoms with E-state index >= 15 is 0 Å². The minimum absolute atomic E-state index is 0.202. The van der Waals surface area contributed by atoms with E-state index in [1.165, 1.54) is 13.1 Å². The van der Waals surface area contributed by atoms with Gasteiger partial charge < -0.3 is 14.2 Å². The average Bonchev–Trinajstić information content (AvgIpc) is 2.76. The van der Waals surface area contributed by atoms with Crippen molar-refractivity contribution in [3.63, 3.8) is 0 Å². The summed E-state index contributed by atoms with van der Waals surface area (Å²) >= 11 is 0. The van der Waals surface area contributed by atoms with Crippen molar-refractivity contribution >= 4 is 0 Å². The highest BCUT2D eigenvalue weighted by molar-refractivity contribution is 5.50. The zero-order chi connectivity index (χ0) is 18.9. The number of hydrogen-bond donors (Lipinski definition) is 0. The quantitative estimate of drug-likeness (QED) is 0.820. The first-order valence-electron chi connectivity index (χ1n) is 8.43. The van der Waals surface area contributed by atoms with Gasteiger partial charge in [-0.15, -0.1) is 0 Å². The summed E-state index contributed by atoms with van der Waals surface area (Å²) < 4.78 is 33.4. The number of aryl methyl sites for hydroxylation is 1. The fourth-order valence-electron chi connectivity index (χ4n) is 2.71. The number of rotatable bonds is 3. The topological polar surface area (TPSA) is 80.4 Å². The van der Waals surface area contributed by atoms with E-state index in [4.69, 9.17) is 14.2 Å². The van der Waals surface area contributed by atoms with Crippen LogP contribution in [0.2, 0.25) is 0 Å². The summed E-state index contributed by atoms with van der Waals surface area (Å²) in [4.78, 5) is 12.3. The second-order valence-electron chi connectivity index (χ2n) is 7.27. The van der Waals surface area contributed by atoms with Gasteiger partial charge in [-0.3, -0.25) is 0 Å². The van der Waals surface area contributed by atoms with Crippen molar-refractivity contribution < 1.29 is 18.6 Å². The number of hydrogen-bond acceptors (Lipinski definition) is 6. The molecule has 2 heterocycles. The van der Waals surface area contributed by atoms with Crippen LogP contribution in [0, 0.1) is 5.82 Å². The highest BCUT2D eigenvalue weighted by Gasteiger charge is 2.25. The zero-order valence-corrected chi connectivity index (χ0v) is 15.4. The van der Waals surface area contributed by atoms with Gasteiger partial charge in [-0.2, -0.15) is 9.36 Å². The van der Waals surface area contributed by atoms with E-state index < -0.39 is 16.9 Å². The average molecular weight is 366 g/mol. The van der Waals surface area contributed by atoms with Crippen molar-refractivity contribution in [3.05, 3.63) is 34.0 Å². The largest absolute Gasteiger partial charge is 0.486 e. The Kier molecular flexibility index (Phi) is 5.10. The van der Waals surface area contributed by atoms with E-state index in [0.29, 0.717) is 30.9 Å². The van der Waals surface area contributed by atoms with E-state index in [-0.39, 0.29) is 18.6 Å². The van der Waals surface area contributed by atoms with Gasteiger partial charge in [0.1, 0.15) is 30.2 Å². The van der Waals surface area contributed by atoms with E-state index in [9.17, 15) is 9.18 Å². The molecule has 0 amide bonds. The molecule has 1 fully saturated rings. The molecular formula is C17H23FN4O4. The third-order valence-corrected chi connectivity index (χ3v) is 4.15. The Hall–Kier alpha value is -2.26. The molecule has 0 spiro atoms. The minimum Gasteiger partial charge on any atom is -0.486 e. The summed E-state index contributed by atoms with van der Waals surface area (Å²) in [6.07, 6.45) is 0.278. The van der Waals surface area contributed by atoms with Crippen LogP contribution in [0.15, 0.2) is 16.9 Å². The first kappa shape index (κ1) is 18.5. The van der Waals surface area contributed by atoms with Crippen LogP contribution in [0.1, 0.15) is 32.8 Å². The summed E-state index contributed by atoms with van der Waals surface area (Å²) in [5.74, 6) is -0.187.